The molecule has 2 saturated heterocycles. The zero-order valence-corrected chi connectivity index (χ0v) is 15.9. The molecule has 1 amide bonds. The maximum atomic E-state index is 12.7. The van der Waals surface area contributed by atoms with Crippen molar-refractivity contribution in [2.45, 2.75) is 75.5 Å². The van der Waals surface area contributed by atoms with Gasteiger partial charge in [0.1, 0.15) is 10.6 Å². The lowest BCUT2D eigenvalue weighted by Crippen LogP contribution is -2.53. The summed E-state index contributed by atoms with van der Waals surface area (Å²) in [5, 5.41) is 7.22. The zero-order chi connectivity index (χ0) is 18.4. The molecule has 2 fully saturated rings. The van der Waals surface area contributed by atoms with E-state index in [1.165, 1.54) is 6.92 Å². The third-order valence-corrected chi connectivity index (χ3v) is 7.07. The molecule has 2 bridgehead atoms. The van der Waals surface area contributed by atoms with Crippen molar-refractivity contribution in [3.8, 4) is 0 Å². The monoisotopic (exact) mass is 370 g/mol. The predicted octanol–water partition coefficient (Wildman–Crippen LogP) is 0.700. The van der Waals surface area contributed by atoms with Crippen LogP contribution in [0.5, 0.6) is 0 Å². The number of hydrogen-bond donors (Lipinski definition) is 2. The summed E-state index contributed by atoms with van der Waals surface area (Å²) in [6, 6.07) is 0.232. The van der Waals surface area contributed by atoms with Crippen LogP contribution in [0, 0.1) is 13.8 Å². The van der Waals surface area contributed by atoms with E-state index in [1.807, 2.05) is 0 Å². The first-order valence-corrected chi connectivity index (χ1v) is 10.1. The molecule has 25 heavy (non-hydrogen) atoms. The lowest BCUT2D eigenvalue weighted by molar-refractivity contribution is -0.134. The highest BCUT2D eigenvalue weighted by atomic mass is 32.2. The Balaban J connectivity index is 1.68. The Hall–Kier alpha value is -1.45. The van der Waals surface area contributed by atoms with Crippen LogP contribution in [0.4, 0.5) is 0 Å². The molecule has 0 saturated carbocycles. The predicted molar refractivity (Wildman–Crippen MR) is 91.5 cm³/mol. The Bertz CT molecular complexity index is 729. The van der Waals surface area contributed by atoms with Gasteiger partial charge in [0.05, 0.1) is 6.04 Å². The number of nitrogens with zero attached hydrogens (tertiary/aromatic N) is 2. The largest absolute Gasteiger partial charge is 0.360 e. The minimum Gasteiger partial charge on any atom is -0.360 e. The van der Waals surface area contributed by atoms with E-state index in [2.05, 4.69) is 15.2 Å². The standard InChI is InChI=1S/C16H26N4O4S/c1-9-15(11(3)24-18-9)25(22,23)19-10(2)16(21)20(4)14-7-12-5-6-13(8-14)17-12/h10,12-14,17,19H,5-8H2,1-4H3. The van der Waals surface area contributed by atoms with Gasteiger partial charge in [0.2, 0.25) is 15.9 Å². The van der Waals surface area contributed by atoms with Gasteiger partial charge in [-0.2, -0.15) is 4.72 Å². The fraction of sp³-hybridized carbons (Fsp3) is 0.750. The number of hydrogen-bond acceptors (Lipinski definition) is 6. The normalized spacial score (nSPS) is 27.3. The first-order chi connectivity index (χ1) is 11.7. The Morgan fingerprint density at radius 2 is 1.92 bits per heavy atom. The lowest BCUT2D eigenvalue weighted by atomic mass is 9.98. The summed E-state index contributed by atoms with van der Waals surface area (Å²) in [6.45, 7) is 4.68. The van der Waals surface area contributed by atoms with Crippen molar-refractivity contribution in [1.29, 1.82) is 0 Å². The maximum Gasteiger partial charge on any atom is 0.246 e. The van der Waals surface area contributed by atoms with E-state index in [-0.39, 0.29) is 28.3 Å². The summed E-state index contributed by atoms with van der Waals surface area (Å²) < 4.78 is 32.5. The van der Waals surface area contributed by atoms with Crippen molar-refractivity contribution >= 4 is 15.9 Å². The van der Waals surface area contributed by atoms with Crippen LogP contribution in [0.25, 0.3) is 0 Å². The second-order valence-electron chi connectivity index (χ2n) is 7.21. The first kappa shape index (κ1) is 18.3. The van der Waals surface area contributed by atoms with Crippen molar-refractivity contribution in [1.82, 2.24) is 20.1 Å². The summed E-state index contributed by atoms with van der Waals surface area (Å²) in [5.41, 5.74) is 0.285. The fourth-order valence-corrected chi connectivity index (χ4v) is 5.56. The van der Waals surface area contributed by atoms with E-state index in [0.29, 0.717) is 12.1 Å². The highest BCUT2D eigenvalue weighted by molar-refractivity contribution is 7.89. The molecule has 2 aliphatic rings. The Morgan fingerprint density at radius 1 is 1.32 bits per heavy atom. The molecule has 9 heteroatoms. The number of sulfonamides is 1. The maximum absolute atomic E-state index is 12.7. The van der Waals surface area contributed by atoms with E-state index in [9.17, 15) is 13.2 Å². The van der Waals surface area contributed by atoms with Crippen LogP contribution in [0.1, 0.15) is 44.1 Å². The molecular formula is C16H26N4O4S. The van der Waals surface area contributed by atoms with Crippen LogP contribution in [-0.2, 0) is 14.8 Å². The average molecular weight is 370 g/mol. The minimum absolute atomic E-state index is 0.00899. The van der Waals surface area contributed by atoms with Gasteiger partial charge in [0, 0.05) is 25.2 Å². The molecule has 1 aromatic heterocycles. The molecular weight excluding hydrogens is 344 g/mol. The van der Waals surface area contributed by atoms with Gasteiger partial charge in [-0.15, -0.1) is 0 Å². The highest BCUT2D eigenvalue weighted by Crippen LogP contribution is 2.29. The zero-order valence-electron chi connectivity index (χ0n) is 15.1. The smallest absolute Gasteiger partial charge is 0.246 e. The molecule has 0 spiro atoms. The van der Waals surface area contributed by atoms with Gasteiger partial charge in [-0.1, -0.05) is 5.16 Å². The number of aromatic nitrogens is 1. The summed E-state index contributed by atoms with van der Waals surface area (Å²) in [6.07, 6.45) is 4.14. The molecule has 3 atom stereocenters. The topological polar surface area (TPSA) is 105 Å². The van der Waals surface area contributed by atoms with Gasteiger partial charge >= 0.3 is 0 Å². The number of nitrogens with one attached hydrogen (secondary N) is 2. The minimum atomic E-state index is -3.86. The van der Waals surface area contributed by atoms with Crippen molar-refractivity contribution in [2.24, 2.45) is 0 Å². The van der Waals surface area contributed by atoms with Gasteiger partial charge in [0.15, 0.2) is 5.76 Å². The molecule has 0 radical (unpaired) electrons. The lowest BCUT2D eigenvalue weighted by Gasteiger charge is -2.36. The summed E-state index contributed by atoms with van der Waals surface area (Å²) in [4.78, 5) is 14.4. The number of fused-ring (bicyclic) bond motifs is 2. The molecule has 3 heterocycles. The third kappa shape index (κ3) is 3.58. The van der Waals surface area contributed by atoms with E-state index >= 15 is 0 Å². The number of aryl methyl sites for hydroxylation is 2. The van der Waals surface area contributed by atoms with Crippen molar-refractivity contribution in [3.63, 3.8) is 0 Å². The van der Waals surface area contributed by atoms with Crippen LogP contribution in [0.3, 0.4) is 0 Å². The highest BCUT2D eigenvalue weighted by Gasteiger charge is 2.38. The number of carbonyl (C=O) groups excluding carboxylic acids is 1. The second kappa shape index (κ2) is 6.69. The molecule has 2 N–H and O–H groups in total. The molecule has 0 aliphatic carbocycles. The number of piperidine rings is 1. The van der Waals surface area contributed by atoms with Gasteiger partial charge in [-0.25, -0.2) is 8.42 Å². The van der Waals surface area contributed by atoms with E-state index in [1.54, 1.807) is 25.8 Å². The number of likely N-dealkylation sites (N-methyl/N-ethyl adjacent to an activating group) is 1. The molecule has 2 aliphatic heterocycles. The molecule has 0 aromatic carbocycles. The van der Waals surface area contributed by atoms with Crippen LogP contribution in [0.2, 0.25) is 0 Å². The Morgan fingerprint density at radius 3 is 2.44 bits per heavy atom. The van der Waals surface area contributed by atoms with E-state index < -0.39 is 16.1 Å². The van der Waals surface area contributed by atoms with Gasteiger partial charge in [-0.3, -0.25) is 4.79 Å². The van der Waals surface area contributed by atoms with Crippen LogP contribution >= 0.6 is 0 Å². The van der Waals surface area contributed by atoms with Gasteiger partial charge in [0.25, 0.3) is 0 Å². The van der Waals surface area contributed by atoms with Gasteiger partial charge < -0.3 is 14.7 Å². The number of carbonyl (C=O) groups is 1. The quantitative estimate of drug-likeness (QED) is 0.791. The summed E-state index contributed by atoms with van der Waals surface area (Å²) in [7, 11) is -2.10. The summed E-state index contributed by atoms with van der Waals surface area (Å²) >= 11 is 0. The van der Waals surface area contributed by atoms with E-state index in [4.69, 9.17) is 4.52 Å². The SMILES string of the molecule is Cc1noc(C)c1S(=O)(=O)NC(C)C(=O)N(C)C1CC2CCC(C1)N2. The third-order valence-electron chi connectivity index (χ3n) is 5.28. The molecule has 8 nitrogen and oxygen atoms in total. The Kier molecular flexibility index (Phi) is 4.91. The van der Waals surface area contributed by atoms with Crippen molar-refractivity contribution in [3.05, 3.63) is 11.5 Å². The van der Waals surface area contributed by atoms with Crippen molar-refractivity contribution < 1.29 is 17.7 Å². The number of rotatable bonds is 5. The molecule has 1 aromatic rings. The summed E-state index contributed by atoms with van der Waals surface area (Å²) in [5.74, 6) is -0.00503. The molecule has 3 rings (SSSR count). The van der Waals surface area contributed by atoms with Gasteiger partial charge in [-0.05, 0) is 46.5 Å². The first-order valence-electron chi connectivity index (χ1n) is 8.67. The van der Waals surface area contributed by atoms with Crippen LogP contribution in [0.15, 0.2) is 9.42 Å². The van der Waals surface area contributed by atoms with Crippen LogP contribution < -0.4 is 10.0 Å². The average Bonchev–Trinajstić information content (AvgIpc) is 3.06. The number of amides is 1. The van der Waals surface area contributed by atoms with Crippen molar-refractivity contribution in [2.75, 3.05) is 7.05 Å². The van der Waals surface area contributed by atoms with Crippen LogP contribution in [-0.4, -0.2) is 55.6 Å². The second-order valence-corrected chi connectivity index (χ2v) is 8.86. The Labute approximate surface area is 148 Å². The molecule has 3 unspecified atom stereocenters. The fourth-order valence-electron chi connectivity index (χ4n) is 4.03. The van der Waals surface area contributed by atoms with E-state index in [0.717, 1.165) is 25.7 Å². The molecule has 140 valence electrons.